The Labute approximate surface area is 153 Å². The molecule has 0 spiro atoms. The average molecular weight is 339 g/mol. The van der Waals surface area contributed by atoms with E-state index < -0.39 is 0 Å². The Hall–Kier alpha value is -2.84. The van der Waals surface area contributed by atoms with Gasteiger partial charge in [-0.15, -0.1) is 0 Å². The number of ether oxygens (including phenoxy) is 1. The average Bonchev–Trinajstić information content (AvgIpc) is 3.07. The third-order valence-electron chi connectivity index (χ3n) is 5.35. The molecule has 128 valence electrons. The van der Waals surface area contributed by atoms with Crippen LogP contribution in [0.4, 0.5) is 0 Å². The van der Waals surface area contributed by atoms with Crippen LogP contribution in [0.3, 0.4) is 0 Å². The molecule has 4 aromatic rings. The second kappa shape index (κ2) is 6.15. The van der Waals surface area contributed by atoms with Crippen molar-refractivity contribution in [3.63, 3.8) is 0 Å². The zero-order valence-electron chi connectivity index (χ0n) is 14.8. The van der Waals surface area contributed by atoms with E-state index >= 15 is 0 Å². The summed E-state index contributed by atoms with van der Waals surface area (Å²) in [5.74, 6) is 0. The van der Waals surface area contributed by atoms with Gasteiger partial charge < -0.3 is 9.72 Å². The van der Waals surface area contributed by atoms with Gasteiger partial charge in [0.25, 0.3) is 0 Å². The molecule has 1 N–H and O–H groups in total. The van der Waals surface area contributed by atoms with Gasteiger partial charge in [0.1, 0.15) is 6.10 Å². The first kappa shape index (κ1) is 15.4. The van der Waals surface area contributed by atoms with Gasteiger partial charge in [-0.25, -0.2) is 0 Å². The molecule has 1 aromatic heterocycles. The molecule has 2 heterocycles. The number of aromatic nitrogens is 1. The fourth-order valence-electron chi connectivity index (χ4n) is 3.98. The van der Waals surface area contributed by atoms with E-state index in [1.165, 1.54) is 38.9 Å². The highest BCUT2D eigenvalue weighted by Crippen LogP contribution is 2.43. The predicted octanol–water partition coefficient (Wildman–Crippen LogP) is 5.88. The lowest BCUT2D eigenvalue weighted by molar-refractivity contribution is -0.00701. The SMILES string of the molecule is Cc1ccc([C@@H]2O[C@H](c3ccccc3)Cc3c2[nH]c2ccccc32)cc1. The van der Waals surface area contributed by atoms with Crippen LogP contribution in [0.15, 0.2) is 78.9 Å². The quantitative estimate of drug-likeness (QED) is 0.485. The van der Waals surface area contributed by atoms with E-state index in [4.69, 9.17) is 4.74 Å². The summed E-state index contributed by atoms with van der Waals surface area (Å²) >= 11 is 0. The van der Waals surface area contributed by atoms with Crippen LogP contribution >= 0.6 is 0 Å². The number of hydrogen-bond donors (Lipinski definition) is 1. The largest absolute Gasteiger partial charge is 0.359 e. The summed E-state index contributed by atoms with van der Waals surface area (Å²) < 4.78 is 6.62. The Morgan fingerprint density at radius 3 is 2.35 bits per heavy atom. The van der Waals surface area contributed by atoms with Gasteiger partial charge >= 0.3 is 0 Å². The van der Waals surface area contributed by atoms with Crippen molar-refractivity contribution in [1.29, 1.82) is 0 Å². The molecule has 1 aliphatic rings. The molecule has 0 amide bonds. The topological polar surface area (TPSA) is 25.0 Å². The molecule has 0 fully saturated rings. The van der Waals surface area contributed by atoms with E-state index in [1.54, 1.807) is 0 Å². The highest BCUT2D eigenvalue weighted by atomic mass is 16.5. The zero-order chi connectivity index (χ0) is 17.5. The number of para-hydroxylation sites is 1. The van der Waals surface area contributed by atoms with Gasteiger partial charge in [-0.3, -0.25) is 0 Å². The Balaban J connectivity index is 1.67. The van der Waals surface area contributed by atoms with Crippen LogP contribution in [0.1, 0.15) is 40.2 Å². The first-order valence-electron chi connectivity index (χ1n) is 9.16. The summed E-state index contributed by atoms with van der Waals surface area (Å²) in [4.78, 5) is 3.63. The molecule has 0 radical (unpaired) electrons. The van der Waals surface area contributed by atoms with Crippen LogP contribution in [0.25, 0.3) is 10.9 Å². The number of benzene rings is 3. The van der Waals surface area contributed by atoms with E-state index in [1.807, 2.05) is 0 Å². The minimum Gasteiger partial charge on any atom is -0.359 e. The van der Waals surface area contributed by atoms with Crippen LogP contribution < -0.4 is 0 Å². The molecule has 2 nitrogen and oxygen atoms in total. The number of aromatic amines is 1. The molecule has 0 unspecified atom stereocenters. The number of fused-ring (bicyclic) bond motifs is 3. The normalized spacial score (nSPS) is 19.4. The third-order valence-corrected chi connectivity index (χ3v) is 5.35. The predicted molar refractivity (Wildman–Crippen MR) is 105 cm³/mol. The van der Waals surface area contributed by atoms with Crippen molar-refractivity contribution in [2.75, 3.05) is 0 Å². The van der Waals surface area contributed by atoms with Gasteiger partial charge in [0, 0.05) is 17.3 Å². The van der Waals surface area contributed by atoms with Gasteiger partial charge in [-0.1, -0.05) is 78.4 Å². The highest BCUT2D eigenvalue weighted by Gasteiger charge is 2.32. The Morgan fingerprint density at radius 2 is 1.54 bits per heavy atom. The van der Waals surface area contributed by atoms with E-state index in [2.05, 4.69) is 90.8 Å². The van der Waals surface area contributed by atoms with Crippen molar-refractivity contribution >= 4 is 10.9 Å². The van der Waals surface area contributed by atoms with Crippen molar-refractivity contribution in [1.82, 2.24) is 4.98 Å². The van der Waals surface area contributed by atoms with Crippen LogP contribution in [-0.4, -0.2) is 4.98 Å². The lowest BCUT2D eigenvalue weighted by atomic mass is 9.91. The maximum absolute atomic E-state index is 6.62. The number of nitrogens with one attached hydrogen (secondary N) is 1. The van der Waals surface area contributed by atoms with Crippen molar-refractivity contribution in [2.45, 2.75) is 25.6 Å². The maximum atomic E-state index is 6.62. The third kappa shape index (κ3) is 2.54. The molecule has 2 heteroatoms. The second-order valence-electron chi connectivity index (χ2n) is 7.09. The minimum atomic E-state index is -0.0723. The van der Waals surface area contributed by atoms with Gasteiger partial charge in [0.15, 0.2) is 0 Å². The van der Waals surface area contributed by atoms with Gasteiger partial charge in [-0.05, 0) is 29.7 Å². The lowest BCUT2D eigenvalue weighted by Crippen LogP contribution is -2.21. The molecular weight excluding hydrogens is 318 g/mol. The number of rotatable bonds is 2. The standard InChI is InChI=1S/C24H21NO/c1-16-11-13-18(14-12-16)24-23-20(19-9-5-6-10-21(19)25-23)15-22(26-24)17-7-3-2-4-8-17/h2-14,22,24-25H,15H2,1H3/t22-,24-/m0/s1. The Morgan fingerprint density at radius 1 is 0.808 bits per heavy atom. The first-order chi connectivity index (χ1) is 12.8. The molecule has 1 aliphatic heterocycles. The van der Waals surface area contributed by atoms with Crippen LogP contribution in [-0.2, 0) is 11.2 Å². The van der Waals surface area contributed by atoms with E-state index in [0.29, 0.717) is 0 Å². The van der Waals surface area contributed by atoms with Crippen LogP contribution in [0.5, 0.6) is 0 Å². The summed E-state index contributed by atoms with van der Waals surface area (Å²) in [5.41, 5.74) is 7.46. The first-order valence-corrected chi connectivity index (χ1v) is 9.16. The molecular formula is C24H21NO. The monoisotopic (exact) mass is 339 g/mol. The highest BCUT2D eigenvalue weighted by molar-refractivity contribution is 5.85. The number of hydrogen-bond acceptors (Lipinski definition) is 1. The smallest absolute Gasteiger partial charge is 0.123 e. The molecule has 3 aromatic carbocycles. The fourth-order valence-corrected chi connectivity index (χ4v) is 3.98. The Kier molecular flexibility index (Phi) is 3.65. The Bertz CT molecular complexity index is 1050. The summed E-state index contributed by atoms with van der Waals surface area (Å²) in [6.07, 6.45) is 0.886. The van der Waals surface area contributed by atoms with Gasteiger partial charge in [0.05, 0.1) is 11.8 Å². The molecule has 0 saturated heterocycles. The maximum Gasteiger partial charge on any atom is 0.123 e. The molecule has 2 atom stereocenters. The van der Waals surface area contributed by atoms with E-state index in [0.717, 1.165) is 6.42 Å². The van der Waals surface area contributed by atoms with Gasteiger partial charge in [0.2, 0.25) is 0 Å². The molecule has 26 heavy (non-hydrogen) atoms. The van der Waals surface area contributed by atoms with Crippen LogP contribution in [0, 0.1) is 6.92 Å². The van der Waals surface area contributed by atoms with Crippen molar-refractivity contribution in [3.05, 3.63) is 107 Å². The molecule has 0 aliphatic carbocycles. The minimum absolute atomic E-state index is 0.0641. The van der Waals surface area contributed by atoms with Crippen molar-refractivity contribution < 1.29 is 4.74 Å². The second-order valence-corrected chi connectivity index (χ2v) is 7.09. The summed E-state index contributed by atoms with van der Waals surface area (Å²) in [7, 11) is 0. The lowest BCUT2D eigenvalue weighted by Gasteiger charge is -2.31. The summed E-state index contributed by atoms with van der Waals surface area (Å²) in [6, 6.07) is 27.8. The van der Waals surface area contributed by atoms with Gasteiger partial charge in [-0.2, -0.15) is 0 Å². The fraction of sp³-hybridized carbons (Fsp3) is 0.167. The molecule has 5 rings (SSSR count). The number of H-pyrrole nitrogens is 1. The van der Waals surface area contributed by atoms with Crippen molar-refractivity contribution in [2.24, 2.45) is 0 Å². The summed E-state index contributed by atoms with van der Waals surface area (Å²) in [6.45, 7) is 2.12. The summed E-state index contributed by atoms with van der Waals surface area (Å²) in [5, 5.41) is 1.31. The molecule has 0 saturated carbocycles. The zero-order valence-corrected chi connectivity index (χ0v) is 14.8. The van der Waals surface area contributed by atoms with E-state index in [-0.39, 0.29) is 12.2 Å². The molecule has 0 bridgehead atoms. The van der Waals surface area contributed by atoms with Crippen LogP contribution in [0.2, 0.25) is 0 Å². The van der Waals surface area contributed by atoms with Crippen molar-refractivity contribution in [3.8, 4) is 0 Å². The van der Waals surface area contributed by atoms with E-state index in [9.17, 15) is 0 Å². The number of aryl methyl sites for hydroxylation is 1.